The first-order valence-corrected chi connectivity index (χ1v) is 11.1. The summed E-state index contributed by atoms with van der Waals surface area (Å²) in [6.45, 7) is 0.911. The molecule has 0 radical (unpaired) electrons. The van der Waals surface area contributed by atoms with Crippen LogP contribution < -0.4 is 15.8 Å². The molecule has 0 saturated heterocycles. The van der Waals surface area contributed by atoms with Gasteiger partial charge in [-0.2, -0.15) is 0 Å². The van der Waals surface area contributed by atoms with Gasteiger partial charge in [-0.25, -0.2) is 4.39 Å². The lowest BCUT2D eigenvalue weighted by molar-refractivity contribution is -0.138. The molecule has 3 aliphatic carbocycles. The first-order valence-electron chi connectivity index (χ1n) is 11.1. The third-order valence-electron chi connectivity index (χ3n) is 7.33. The molecule has 1 amide bonds. The van der Waals surface area contributed by atoms with Crippen LogP contribution in [0.3, 0.4) is 0 Å². The first-order chi connectivity index (χ1) is 15.1. The van der Waals surface area contributed by atoms with Crippen LogP contribution in [0, 0.1) is 5.41 Å². The summed E-state index contributed by atoms with van der Waals surface area (Å²) in [6, 6.07) is 18.3. The summed E-state index contributed by atoms with van der Waals surface area (Å²) in [5, 5.41) is 3.18. The first kappa shape index (κ1) is 21.6. The normalized spacial score (nSPS) is 25.3. The van der Waals surface area contributed by atoms with E-state index < -0.39 is 0 Å². The molecular formula is C26H31FN2O2. The van der Waals surface area contributed by atoms with Gasteiger partial charge in [0.2, 0.25) is 5.91 Å². The molecule has 0 aromatic heterocycles. The van der Waals surface area contributed by atoms with Gasteiger partial charge in [0.05, 0.1) is 6.33 Å². The minimum atomic E-state index is -0.211. The zero-order chi connectivity index (χ0) is 21.7. The van der Waals surface area contributed by atoms with E-state index in [1.807, 2.05) is 42.5 Å². The number of carbonyl (C=O) groups excluding carboxylic acids is 1. The summed E-state index contributed by atoms with van der Waals surface area (Å²) in [7, 11) is 0. The van der Waals surface area contributed by atoms with Gasteiger partial charge in [-0.1, -0.05) is 42.5 Å². The van der Waals surface area contributed by atoms with E-state index in [1.54, 1.807) is 0 Å². The number of nitrogens with two attached hydrogens (primary N) is 1. The van der Waals surface area contributed by atoms with Crippen molar-refractivity contribution in [2.24, 2.45) is 11.1 Å². The second kappa shape index (κ2) is 9.23. The highest BCUT2D eigenvalue weighted by molar-refractivity contribution is 5.83. The number of rotatable bonds is 8. The highest BCUT2D eigenvalue weighted by atomic mass is 19.1. The minimum Gasteiger partial charge on any atom is -0.489 e. The molecule has 164 valence electrons. The standard InChI is InChI=1S/C26H31FN2O2/c27-16-21(17-28)19-31-23-8-6-22(7-9-23)25-10-13-26(14-11-25,15-12-25)24(30)29-18-20-4-2-1-3-5-20/h1-9,16H,10-15,17-19,28H2,(H,29,30)/b21-16+. The van der Waals surface area contributed by atoms with Crippen molar-refractivity contribution in [2.75, 3.05) is 13.2 Å². The van der Waals surface area contributed by atoms with Gasteiger partial charge in [-0.05, 0) is 67.2 Å². The number of ether oxygens (including phenoxy) is 1. The average Bonchev–Trinajstić information content (AvgIpc) is 2.85. The van der Waals surface area contributed by atoms with E-state index in [1.165, 1.54) is 5.56 Å². The minimum absolute atomic E-state index is 0.151. The molecule has 2 aromatic carbocycles. The van der Waals surface area contributed by atoms with Crippen LogP contribution >= 0.6 is 0 Å². The van der Waals surface area contributed by atoms with E-state index in [0.717, 1.165) is 44.1 Å². The SMILES string of the molecule is NC/C(=C\F)COc1ccc(C23CCC(C(=O)NCc4ccccc4)(CC2)CC3)cc1. The maximum Gasteiger partial charge on any atom is 0.226 e. The fourth-order valence-corrected chi connectivity index (χ4v) is 5.14. The lowest BCUT2D eigenvalue weighted by Crippen LogP contribution is -2.51. The Kier molecular flexibility index (Phi) is 6.42. The fraction of sp³-hybridized carbons (Fsp3) is 0.423. The fourth-order valence-electron chi connectivity index (χ4n) is 5.14. The number of nitrogens with one attached hydrogen (secondary N) is 1. The Labute approximate surface area is 183 Å². The van der Waals surface area contributed by atoms with Crippen molar-refractivity contribution in [1.82, 2.24) is 5.32 Å². The van der Waals surface area contributed by atoms with Crippen molar-refractivity contribution >= 4 is 5.91 Å². The highest BCUT2D eigenvalue weighted by Crippen LogP contribution is 2.57. The molecule has 4 nitrogen and oxygen atoms in total. The van der Waals surface area contributed by atoms with E-state index in [2.05, 4.69) is 17.4 Å². The van der Waals surface area contributed by atoms with Crippen LogP contribution in [0.15, 0.2) is 66.5 Å². The Balaban J connectivity index is 1.35. The summed E-state index contributed by atoms with van der Waals surface area (Å²) in [4.78, 5) is 13.0. The molecular weight excluding hydrogens is 391 g/mol. The van der Waals surface area contributed by atoms with Crippen molar-refractivity contribution in [1.29, 1.82) is 0 Å². The highest BCUT2D eigenvalue weighted by Gasteiger charge is 2.52. The number of hydrogen-bond acceptors (Lipinski definition) is 3. The van der Waals surface area contributed by atoms with Gasteiger partial charge in [0.1, 0.15) is 12.4 Å². The third kappa shape index (κ3) is 4.52. The van der Waals surface area contributed by atoms with Crippen molar-refractivity contribution in [3.8, 4) is 5.75 Å². The van der Waals surface area contributed by atoms with Crippen molar-refractivity contribution in [3.05, 3.63) is 77.6 Å². The maximum absolute atomic E-state index is 13.0. The molecule has 0 unspecified atom stereocenters. The van der Waals surface area contributed by atoms with Crippen LogP contribution in [0.2, 0.25) is 0 Å². The Morgan fingerprint density at radius 2 is 1.65 bits per heavy atom. The van der Waals surface area contributed by atoms with Crippen molar-refractivity contribution < 1.29 is 13.9 Å². The number of carbonyl (C=O) groups is 1. The molecule has 5 rings (SSSR count). The second-order valence-electron chi connectivity index (χ2n) is 9.01. The molecule has 0 spiro atoms. The van der Waals surface area contributed by atoms with Crippen LogP contribution in [0.25, 0.3) is 0 Å². The molecule has 3 saturated carbocycles. The molecule has 2 bridgehead atoms. The molecule has 2 aromatic rings. The zero-order valence-electron chi connectivity index (χ0n) is 17.9. The van der Waals surface area contributed by atoms with Crippen molar-refractivity contribution in [2.45, 2.75) is 50.5 Å². The molecule has 3 N–H and O–H groups in total. The number of amides is 1. The molecule has 0 heterocycles. The van der Waals surface area contributed by atoms with E-state index in [9.17, 15) is 9.18 Å². The van der Waals surface area contributed by atoms with Gasteiger partial charge in [-0.3, -0.25) is 4.79 Å². The van der Waals surface area contributed by atoms with Gasteiger partial charge in [0, 0.05) is 24.1 Å². The Morgan fingerprint density at radius 1 is 1.00 bits per heavy atom. The molecule has 0 aliphatic heterocycles. The largest absolute Gasteiger partial charge is 0.489 e. The summed E-state index contributed by atoms with van der Waals surface area (Å²) in [5.74, 6) is 0.930. The third-order valence-corrected chi connectivity index (χ3v) is 7.33. The molecule has 31 heavy (non-hydrogen) atoms. The summed E-state index contributed by atoms with van der Waals surface area (Å²) in [6.07, 6.45) is 6.43. The number of fused-ring (bicyclic) bond motifs is 3. The Morgan fingerprint density at radius 3 is 2.23 bits per heavy atom. The summed E-state index contributed by atoms with van der Waals surface area (Å²) in [5.41, 5.74) is 8.30. The second-order valence-corrected chi connectivity index (χ2v) is 9.01. The monoisotopic (exact) mass is 422 g/mol. The predicted octanol–water partition coefficient (Wildman–Crippen LogP) is 4.79. The van der Waals surface area contributed by atoms with Gasteiger partial charge in [0.15, 0.2) is 0 Å². The van der Waals surface area contributed by atoms with E-state index in [0.29, 0.717) is 24.2 Å². The Bertz CT molecular complexity index is 900. The van der Waals surface area contributed by atoms with Gasteiger partial charge < -0.3 is 15.8 Å². The molecule has 0 atom stereocenters. The molecule has 5 heteroatoms. The number of halogens is 1. The lowest BCUT2D eigenvalue weighted by atomic mass is 9.51. The van der Waals surface area contributed by atoms with Crippen LogP contribution in [-0.4, -0.2) is 19.1 Å². The van der Waals surface area contributed by atoms with Crippen LogP contribution in [0.4, 0.5) is 4.39 Å². The maximum atomic E-state index is 13.0. The number of benzene rings is 2. The van der Waals surface area contributed by atoms with E-state index >= 15 is 0 Å². The van der Waals surface area contributed by atoms with Crippen LogP contribution in [0.1, 0.15) is 49.7 Å². The molecule has 3 fully saturated rings. The zero-order valence-corrected chi connectivity index (χ0v) is 17.9. The molecule has 3 aliphatic rings. The summed E-state index contributed by atoms with van der Waals surface area (Å²) < 4.78 is 18.3. The smallest absolute Gasteiger partial charge is 0.226 e. The van der Waals surface area contributed by atoms with Gasteiger partial charge in [0.25, 0.3) is 0 Å². The Hall–Kier alpha value is -2.66. The lowest BCUT2D eigenvalue weighted by Gasteiger charge is -2.52. The van der Waals surface area contributed by atoms with E-state index in [-0.39, 0.29) is 29.9 Å². The van der Waals surface area contributed by atoms with Crippen LogP contribution in [-0.2, 0) is 16.8 Å². The summed E-state index contributed by atoms with van der Waals surface area (Å²) >= 11 is 0. The average molecular weight is 423 g/mol. The predicted molar refractivity (Wildman–Crippen MR) is 120 cm³/mol. The quantitative estimate of drug-likeness (QED) is 0.643. The van der Waals surface area contributed by atoms with E-state index in [4.69, 9.17) is 10.5 Å². The van der Waals surface area contributed by atoms with Gasteiger partial charge >= 0.3 is 0 Å². The topological polar surface area (TPSA) is 64.3 Å². The van der Waals surface area contributed by atoms with Crippen LogP contribution in [0.5, 0.6) is 5.75 Å². The van der Waals surface area contributed by atoms with Gasteiger partial charge in [-0.15, -0.1) is 0 Å². The number of hydrogen-bond donors (Lipinski definition) is 2. The van der Waals surface area contributed by atoms with Crippen molar-refractivity contribution in [3.63, 3.8) is 0 Å².